The smallest absolute Gasteiger partial charge is 0.200 e. The van der Waals surface area contributed by atoms with Crippen molar-refractivity contribution >= 4 is 12.6 Å². The van der Waals surface area contributed by atoms with E-state index < -0.39 is 52.9 Å². The van der Waals surface area contributed by atoms with E-state index in [9.17, 15) is 26.5 Å². The molecule has 2 aromatic rings. The van der Waals surface area contributed by atoms with E-state index in [4.69, 9.17) is 0 Å². The largest absolute Gasteiger partial charge is 0.301 e. The summed E-state index contributed by atoms with van der Waals surface area (Å²) in [6.07, 6.45) is 0. The molecule has 0 aliphatic heterocycles. The average molecular weight is 419 g/mol. The maximum absolute atomic E-state index is 14.5. The zero-order valence-electron chi connectivity index (χ0n) is 16.3. The quantitative estimate of drug-likeness (QED) is 0.276. The molecular formula is C20H23F5NOP. The van der Waals surface area contributed by atoms with Gasteiger partial charge in [0.25, 0.3) is 0 Å². The summed E-state index contributed by atoms with van der Waals surface area (Å²) in [6, 6.07) is 8.10. The number of hydrogen-bond acceptors (Lipinski definition) is 1. The first-order valence-electron chi connectivity index (χ1n) is 8.77. The summed E-state index contributed by atoms with van der Waals surface area (Å²) in [5, 5.41) is 0.158. The minimum atomic E-state index is -4.33. The summed E-state index contributed by atoms with van der Waals surface area (Å²) >= 11 is 0. The molecule has 28 heavy (non-hydrogen) atoms. The van der Waals surface area contributed by atoms with E-state index in [1.54, 1.807) is 44.2 Å². The van der Waals surface area contributed by atoms with Crippen molar-refractivity contribution in [2.24, 2.45) is 5.92 Å². The number of hydrogen-bond donors (Lipinski definition) is 1. The van der Waals surface area contributed by atoms with Crippen LogP contribution < -0.4 is 10.4 Å². The highest BCUT2D eigenvalue weighted by Crippen LogP contribution is 2.56. The molecule has 1 N–H and O–H groups in total. The molecule has 0 bridgehead atoms. The third kappa shape index (κ3) is 3.87. The van der Waals surface area contributed by atoms with Gasteiger partial charge in [0.2, 0.25) is 5.82 Å². The highest BCUT2D eigenvalue weighted by atomic mass is 31.2. The highest BCUT2D eigenvalue weighted by molar-refractivity contribution is 7.71. The second kappa shape index (κ2) is 7.96. The maximum atomic E-state index is 14.5. The summed E-state index contributed by atoms with van der Waals surface area (Å²) in [4.78, 5) is 0. The molecule has 2 aromatic carbocycles. The second-order valence-electron chi connectivity index (χ2n) is 7.96. The Labute approximate surface area is 161 Å². The van der Waals surface area contributed by atoms with Crippen molar-refractivity contribution in [1.82, 2.24) is 5.09 Å². The van der Waals surface area contributed by atoms with Gasteiger partial charge in [-0.3, -0.25) is 5.09 Å². The Kier molecular flexibility index (Phi) is 6.41. The van der Waals surface area contributed by atoms with Gasteiger partial charge in [0.05, 0.1) is 0 Å². The SMILES string of the molecule is CC(C)[C@H](NP(=O)(c1c(F)c(F)c(F)c(F)c1F)C(C)(C)C)c1ccccc1. The van der Waals surface area contributed by atoms with Crippen LogP contribution in [0.25, 0.3) is 0 Å². The molecule has 0 aliphatic rings. The lowest BCUT2D eigenvalue weighted by Gasteiger charge is -2.37. The van der Waals surface area contributed by atoms with Gasteiger partial charge in [-0.15, -0.1) is 0 Å². The Morgan fingerprint density at radius 2 is 1.25 bits per heavy atom. The summed E-state index contributed by atoms with van der Waals surface area (Å²) in [6.45, 7) is 7.90. The van der Waals surface area contributed by atoms with Gasteiger partial charge in [0.1, 0.15) is 5.30 Å². The van der Waals surface area contributed by atoms with E-state index >= 15 is 0 Å². The first-order valence-corrected chi connectivity index (χ1v) is 10.5. The van der Waals surface area contributed by atoms with Gasteiger partial charge in [-0.25, -0.2) is 22.0 Å². The van der Waals surface area contributed by atoms with Crippen LogP contribution in [-0.2, 0) is 4.57 Å². The van der Waals surface area contributed by atoms with Crippen LogP contribution in [0.2, 0.25) is 0 Å². The van der Waals surface area contributed by atoms with Crippen LogP contribution in [0.5, 0.6) is 0 Å². The van der Waals surface area contributed by atoms with Crippen molar-refractivity contribution in [1.29, 1.82) is 0 Å². The van der Waals surface area contributed by atoms with Crippen LogP contribution in [-0.4, -0.2) is 5.16 Å². The van der Waals surface area contributed by atoms with Gasteiger partial charge in [0.15, 0.2) is 30.6 Å². The van der Waals surface area contributed by atoms with E-state index in [1.807, 2.05) is 0 Å². The number of benzene rings is 2. The van der Waals surface area contributed by atoms with Crippen molar-refractivity contribution < 1.29 is 26.5 Å². The Bertz CT molecular complexity index is 880. The van der Waals surface area contributed by atoms with E-state index in [2.05, 4.69) is 5.09 Å². The van der Waals surface area contributed by atoms with Crippen LogP contribution in [0.15, 0.2) is 30.3 Å². The first kappa shape index (κ1) is 22.6. The molecule has 0 radical (unpaired) electrons. The zero-order chi connectivity index (χ0) is 21.4. The summed E-state index contributed by atoms with van der Waals surface area (Å²) < 4.78 is 84.2. The van der Waals surface area contributed by atoms with E-state index in [-0.39, 0.29) is 5.92 Å². The van der Waals surface area contributed by atoms with Crippen LogP contribution in [0.1, 0.15) is 46.2 Å². The van der Waals surface area contributed by atoms with Crippen molar-refractivity contribution in [3.8, 4) is 0 Å². The summed E-state index contributed by atoms with van der Waals surface area (Å²) in [5.74, 6) is -10.8. The lowest BCUT2D eigenvalue weighted by molar-refractivity contribution is 0.382. The van der Waals surface area contributed by atoms with Crippen molar-refractivity contribution in [2.75, 3.05) is 0 Å². The lowest BCUT2D eigenvalue weighted by atomic mass is 9.97. The molecule has 0 saturated carbocycles. The Balaban J connectivity index is 2.76. The average Bonchev–Trinajstić information content (AvgIpc) is 2.62. The fourth-order valence-electron chi connectivity index (χ4n) is 2.93. The fourth-order valence-corrected chi connectivity index (χ4v) is 5.70. The summed E-state index contributed by atoms with van der Waals surface area (Å²) in [5.41, 5.74) is 0.686. The second-order valence-corrected chi connectivity index (χ2v) is 11.2. The third-order valence-electron chi connectivity index (χ3n) is 4.59. The highest BCUT2D eigenvalue weighted by Gasteiger charge is 2.47. The van der Waals surface area contributed by atoms with Crippen LogP contribution in [0.4, 0.5) is 22.0 Å². The molecule has 2 nitrogen and oxygen atoms in total. The minimum Gasteiger partial charge on any atom is -0.301 e. The van der Waals surface area contributed by atoms with E-state index in [0.29, 0.717) is 5.56 Å². The molecular weight excluding hydrogens is 396 g/mol. The Morgan fingerprint density at radius 3 is 1.64 bits per heavy atom. The molecule has 0 spiro atoms. The first-order chi connectivity index (χ1) is 12.8. The molecule has 0 amide bonds. The molecule has 0 saturated heterocycles. The predicted octanol–water partition coefficient (Wildman–Crippen LogP) is 6.07. The Hall–Kier alpha value is -1.72. The van der Waals surface area contributed by atoms with Gasteiger partial charge in [-0.1, -0.05) is 65.0 Å². The van der Waals surface area contributed by atoms with Crippen molar-refractivity contribution in [2.45, 2.75) is 45.8 Å². The zero-order valence-corrected chi connectivity index (χ0v) is 17.2. The van der Waals surface area contributed by atoms with Gasteiger partial charge < -0.3 is 4.57 Å². The minimum absolute atomic E-state index is 0.181. The number of nitrogens with one attached hydrogen (secondary N) is 1. The molecule has 8 heteroatoms. The number of rotatable bonds is 5. The number of halogens is 5. The van der Waals surface area contributed by atoms with E-state index in [0.717, 1.165) is 0 Å². The monoisotopic (exact) mass is 419 g/mol. The van der Waals surface area contributed by atoms with E-state index in [1.165, 1.54) is 20.8 Å². The van der Waals surface area contributed by atoms with Gasteiger partial charge in [-0.05, 0) is 11.5 Å². The van der Waals surface area contributed by atoms with Crippen molar-refractivity contribution in [3.05, 3.63) is 65.0 Å². The van der Waals surface area contributed by atoms with Crippen LogP contribution in [0.3, 0.4) is 0 Å². The van der Waals surface area contributed by atoms with Gasteiger partial charge in [-0.2, -0.15) is 0 Å². The molecule has 0 aliphatic carbocycles. The Morgan fingerprint density at radius 1 is 0.821 bits per heavy atom. The van der Waals surface area contributed by atoms with Crippen LogP contribution in [0, 0.1) is 35.0 Å². The lowest BCUT2D eigenvalue weighted by Crippen LogP contribution is -2.39. The fraction of sp³-hybridized carbons (Fsp3) is 0.400. The normalized spacial score (nSPS) is 15.5. The maximum Gasteiger partial charge on any atom is 0.200 e. The molecule has 2 atom stereocenters. The standard InChI is InChI=1S/C20H23F5NOP/c1-11(2)18(12-9-7-6-8-10-12)26-28(27,20(3,4)5)19-16(24)14(22)13(21)15(23)17(19)25/h6-11,18H,1-5H3,(H,26,27)/t18-,28?/m0/s1. The summed E-state index contributed by atoms with van der Waals surface area (Å²) in [7, 11) is -4.33. The van der Waals surface area contributed by atoms with Gasteiger partial charge >= 0.3 is 0 Å². The molecule has 0 fully saturated rings. The third-order valence-corrected chi connectivity index (χ3v) is 8.15. The van der Waals surface area contributed by atoms with Crippen LogP contribution >= 0.6 is 7.29 Å². The van der Waals surface area contributed by atoms with Gasteiger partial charge in [0, 0.05) is 11.2 Å². The molecule has 154 valence electrons. The molecule has 0 aromatic heterocycles. The van der Waals surface area contributed by atoms with Crippen molar-refractivity contribution in [3.63, 3.8) is 0 Å². The molecule has 0 heterocycles. The predicted molar refractivity (Wildman–Crippen MR) is 100 cm³/mol. The topological polar surface area (TPSA) is 29.1 Å². The molecule has 1 unspecified atom stereocenters. The molecule has 2 rings (SSSR count).